The van der Waals surface area contributed by atoms with Crippen molar-refractivity contribution in [2.24, 2.45) is 0 Å². The van der Waals surface area contributed by atoms with Crippen LogP contribution in [0, 0.1) is 17.0 Å². The van der Waals surface area contributed by atoms with Crippen LogP contribution in [0.5, 0.6) is 0 Å². The van der Waals surface area contributed by atoms with Crippen LogP contribution in [0.15, 0.2) is 12.3 Å². The molecule has 1 aromatic rings. The lowest BCUT2D eigenvalue weighted by Gasteiger charge is -2.33. The van der Waals surface area contributed by atoms with Crippen LogP contribution in [-0.4, -0.2) is 35.6 Å². The first-order valence-corrected chi connectivity index (χ1v) is 5.67. The minimum atomic E-state index is -0.413. The van der Waals surface area contributed by atoms with Crippen LogP contribution in [0.25, 0.3) is 0 Å². The molecule has 0 amide bonds. The van der Waals surface area contributed by atoms with E-state index in [4.69, 9.17) is 0 Å². The van der Waals surface area contributed by atoms with E-state index in [1.807, 2.05) is 6.92 Å². The van der Waals surface area contributed by atoms with Gasteiger partial charge in [-0.3, -0.25) is 10.1 Å². The molecule has 0 aromatic carbocycles. The molecule has 1 saturated heterocycles. The SMILES string of the molecule is Cc1cc([N+](=O)[O-])cnc1N1CCNC(C)C1. The molecule has 6 heteroatoms. The molecule has 2 heterocycles. The van der Waals surface area contributed by atoms with E-state index >= 15 is 0 Å². The Labute approximate surface area is 99.8 Å². The van der Waals surface area contributed by atoms with Crippen LogP contribution in [0.3, 0.4) is 0 Å². The van der Waals surface area contributed by atoms with Gasteiger partial charge < -0.3 is 10.2 Å². The van der Waals surface area contributed by atoms with E-state index < -0.39 is 4.92 Å². The first kappa shape index (κ1) is 11.8. The Balaban J connectivity index is 2.23. The molecule has 0 aliphatic carbocycles. The highest BCUT2D eigenvalue weighted by molar-refractivity contribution is 5.50. The molecule has 1 aliphatic heterocycles. The molecule has 1 aliphatic rings. The van der Waals surface area contributed by atoms with Gasteiger partial charge in [0.2, 0.25) is 0 Å². The highest BCUT2D eigenvalue weighted by atomic mass is 16.6. The second kappa shape index (κ2) is 4.67. The van der Waals surface area contributed by atoms with Crippen LogP contribution in [0.2, 0.25) is 0 Å². The Bertz CT molecular complexity index is 435. The van der Waals surface area contributed by atoms with Crippen molar-refractivity contribution in [2.45, 2.75) is 19.9 Å². The Kier molecular flexibility index (Phi) is 3.23. The summed E-state index contributed by atoms with van der Waals surface area (Å²) in [5.74, 6) is 0.851. The summed E-state index contributed by atoms with van der Waals surface area (Å²) >= 11 is 0. The molecular formula is C11H16N4O2. The molecule has 1 N–H and O–H groups in total. The van der Waals surface area contributed by atoms with Crippen molar-refractivity contribution in [1.82, 2.24) is 10.3 Å². The number of rotatable bonds is 2. The molecule has 1 fully saturated rings. The van der Waals surface area contributed by atoms with Crippen molar-refractivity contribution in [3.05, 3.63) is 27.9 Å². The van der Waals surface area contributed by atoms with Crippen LogP contribution in [0.1, 0.15) is 12.5 Å². The van der Waals surface area contributed by atoms with E-state index in [-0.39, 0.29) is 5.69 Å². The van der Waals surface area contributed by atoms with Gasteiger partial charge in [-0.05, 0) is 19.4 Å². The first-order chi connectivity index (χ1) is 8.08. The van der Waals surface area contributed by atoms with Gasteiger partial charge in [0.1, 0.15) is 12.0 Å². The number of nitrogens with one attached hydrogen (secondary N) is 1. The summed E-state index contributed by atoms with van der Waals surface area (Å²) in [6.45, 7) is 6.66. The third-order valence-corrected chi connectivity index (χ3v) is 2.92. The van der Waals surface area contributed by atoms with E-state index in [0.29, 0.717) is 6.04 Å². The topological polar surface area (TPSA) is 71.3 Å². The predicted octanol–water partition coefficient (Wildman–Crippen LogP) is 1.10. The fraction of sp³-hybridized carbons (Fsp3) is 0.545. The summed E-state index contributed by atoms with van der Waals surface area (Å²) in [6, 6.07) is 2.00. The van der Waals surface area contributed by atoms with Gasteiger partial charge in [0.05, 0.1) is 4.92 Å². The maximum absolute atomic E-state index is 10.6. The summed E-state index contributed by atoms with van der Waals surface area (Å²) in [5, 5.41) is 14.0. The lowest BCUT2D eigenvalue weighted by Crippen LogP contribution is -2.49. The number of hydrogen-bond acceptors (Lipinski definition) is 5. The van der Waals surface area contributed by atoms with Crippen molar-refractivity contribution in [3.8, 4) is 0 Å². The van der Waals surface area contributed by atoms with Crippen LogP contribution >= 0.6 is 0 Å². The van der Waals surface area contributed by atoms with Gasteiger partial charge in [0.15, 0.2) is 0 Å². The fourth-order valence-electron chi connectivity index (χ4n) is 2.11. The van der Waals surface area contributed by atoms with Gasteiger partial charge in [-0.2, -0.15) is 0 Å². The van der Waals surface area contributed by atoms with E-state index in [1.54, 1.807) is 6.07 Å². The molecule has 1 atom stereocenters. The van der Waals surface area contributed by atoms with Crippen molar-refractivity contribution < 1.29 is 4.92 Å². The van der Waals surface area contributed by atoms with Crippen molar-refractivity contribution in [1.29, 1.82) is 0 Å². The molecule has 0 saturated carbocycles. The Hall–Kier alpha value is -1.69. The Morgan fingerprint density at radius 2 is 2.41 bits per heavy atom. The number of hydrogen-bond donors (Lipinski definition) is 1. The van der Waals surface area contributed by atoms with Crippen molar-refractivity contribution in [2.75, 3.05) is 24.5 Å². The van der Waals surface area contributed by atoms with Crippen LogP contribution in [-0.2, 0) is 0 Å². The molecular weight excluding hydrogens is 220 g/mol. The zero-order chi connectivity index (χ0) is 12.4. The molecule has 0 radical (unpaired) electrons. The zero-order valence-electron chi connectivity index (χ0n) is 10.0. The average molecular weight is 236 g/mol. The molecule has 2 rings (SSSR count). The van der Waals surface area contributed by atoms with Gasteiger partial charge in [-0.25, -0.2) is 4.98 Å². The number of aryl methyl sites for hydroxylation is 1. The predicted molar refractivity (Wildman–Crippen MR) is 65.3 cm³/mol. The van der Waals surface area contributed by atoms with E-state index in [1.165, 1.54) is 6.20 Å². The molecule has 0 spiro atoms. The fourth-order valence-corrected chi connectivity index (χ4v) is 2.11. The van der Waals surface area contributed by atoms with Gasteiger partial charge >= 0.3 is 0 Å². The molecule has 6 nitrogen and oxygen atoms in total. The van der Waals surface area contributed by atoms with Crippen LogP contribution in [0.4, 0.5) is 11.5 Å². The maximum Gasteiger partial charge on any atom is 0.287 e. The van der Waals surface area contributed by atoms with E-state index in [9.17, 15) is 10.1 Å². The van der Waals surface area contributed by atoms with Crippen molar-refractivity contribution in [3.63, 3.8) is 0 Å². The monoisotopic (exact) mass is 236 g/mol. The Morgan fingerprint density at radius 1 is 1.65 bits per heavy atom. The van der Waals surface area contributed by atoms with Gasteiger partial charge in [0.25, 0.3) is 5.69 Å². The lowest BCUT2D eigenvalue weighted by atomic mass is 10.2. The van der Waals surface area contributed by atoms with E-state index in [0.717, 1.165) is 31.0 Å². The summed E-state index contributed by atoms with van der Waals surface area (Å²) in [6.07, 6.45) is 1.33. The minimum absolute atomic E-state index is 0.0504. The summed E-state index contributed by atoms with van der Waals surface area (Å²) in [7, 11) is 0. The van der Waals surface area contributed by atoms with E-state index in [2.05, 4.69) is 22.1 Å². The number of pyridine rings is 1. The number of anilines is 1. The number of aromatic nitrogens is 1. The minimum Gasteiger partial charge on any atom is -0.354 e. The third-order valence-electron chi connectivity index (χ3n) is 2.92. The van der Waals surface area contributed by atoms with Crippen molar-refractivity contribution >= 4 is 11.5 Å². The number of nitro groups is 1. The molecule has 1 aromatic heterocycles. The molecule has 92 valence electrons. The number of piperazine rings is 1. The molecule has 0 bridgehead atoms. The average Bonchev–Trinajstić information content (AvgIpc) is 2.28. The Morgan fingerprint density at radius 3 is 3.00 bits per heavy atom. The zero-order valence-corrected chi connectivity index (χ0v) is 10.0. The smallest absolute Gasteiger partial charge is 0.287 e. The highest BCUT2D eigenvalue weighted by Crippen LogP contribution is 2.22. The second-order valence-electron chi connectivity index (χ2n) is 4.39. The normalized spacial score (nSPS) is 20.4. The van der Waals surface area contributed by atoms with Crippen LogP contribution < -0.4 is 10.2 Å². The lowest BCUT2D eigenvalue weighted by molar-refractivity contribution is -0.385. The summed E-state index contributed by atoms with van der Waals surface area (Å²) < 4.78 is 0. The summed E-state index contributed by atoms with van der Waals surface area (Å²) in [4.78, 5) is 16.6. The van der Waals surface area contributed by atoms with Gasteiger partial charge in [-0.1, -0.05) is 0 Å². The largest absolute Gasteiger partial charge is 0.354 e. The second-order valence-corrected chi connectivity index (χ2v) is 4.39. The number of nitrogens with zero attached hydrogens (tertiary/aromatic N) is 3. The summed E-state index contributed by atoms with van der Waals surface area (Å²) in [5.41, 5.74) is 0.905. The first-order valence-electron chi connectivity index (χ1n) is 5.67. The molecule has 17 heavy (non-hydrogen) atoms. The van der Waals surface area contributed by atoms with Gasteiger partial charge in [-0.15, -0.1) is 0 Å². The highest BCUT2D eigenvalue weighted by Gasteiger charge is 2.19. The standard InChI is InChI=1S/C11H16N4O2/c1-8-5-10(15(16)17)6-13-11(8)14-4-3-12-9(2)7-14/h5-6,9,12H,3-4,7H2,1-2H3. The quantitative estimate of drug-likeness (QED) is 0.615. The maximum atomic E-state index is 10.6. The molecule has 1 unspecified atom stereocenters. The van der Waals surface area contributed by atoms with Gasteiger partial charge in [0, 0.05) is 31.7 Å². The third kappa shape index (κ3) is 2.52.